The summed E-state index contributed by atoms with van der Waals surface area (Å²) in [6.45, 7) is 0.280. The normalized spacial score (nSPS) is 18.8. The van der Waals surface area contributed by atoms with Crippen LogP contribution in [0.3, 0.4) is 0 Å². The number of aromatic nitrogens is 1. The highest BCUT2D eigenvalue weighted by Gasteiger charge is 2.31. The van der Waals surface area contributed by atoms with Crippen LogP contribution in [0.5, 0.6) is 0 Å². The van der Waals surface area contributed by atoms with E-state index in [2.05, 4.69) is 4.98 Å². The van der Waals surface area contributed by atoms with Gasteiger partial charge < -0.3 is 4.98 Å². The molecule has 0 saturated carbocycles. The summed E-state index contributed by atoms with van der Waals surface area (Å²) in [4.78, 5) is 13.3. The quantitative estimate of drug-likeness (QED) is 0.771. The number of rotatable bonds is 3. The highest BCUT2D eigenvalue weighted by Crippen LogP contribution is 2.18. The molecule has 0 amide bonds. The van der Waals surface area contributed by atoms with Crippen LogP contribution in [0, 0.1) is 0 Å². The smallest absolute Gasteiger partial charge is 0.266 e. The lowest BCUT2D eigenvalue weighted by Gasteiger charge is -2.32. The number of nitrogens with one attached hydrogen (secondary N) is 1. The molecule has 0 bridgehead atoms. The van der Waals surface area contributed by atoms with E-state index >= 15 is 0 Å². The summed E-state index contributed by atoms with van der Waals surface area (Å²) >= 11 is 5.63. The Morgan fingerprint density at radius 2 is 1.62 bits per heavy atom. The Kier molecular flexibility index (Phi) is 4.45. The molecule has 1 aromatic heterocycles. The monoisotopic (exact) mass is 355 g/mol. The number of piperazine rings is 1. The second kappa shape index (κ2) is 5.69. The Labute approximate surface area is 127 Å². The fourth-order valence-electron chi connectivity index (χ4n) is 1.98. The largest absolute Gasteiger partial charge is 0.326 e. The molecule has 0 atom stereocenters. The molecule has 1 saturated heterocycles. The van der Waals surface area contributed by atoms with Gasteiger partial charge in [-0.1, -0.05) is 11.6 Å². The minimum absolute atomic E-state index is 0.0478. The molecule has 0 spiro atoms. The fourth-order valence-corrected chi connectivity index (χ4v) is 4.46. The highest BCUT2D eigenvalue weighted by atomic mass is 35.5. The number of aromatic amines is 1. The molecule has 1 aliphatic rings. The van der Waals surface area contributed by atoms with Crippen molar-refractivity contribution in [2.24, 2.45) is 0 Å². The number of hydrogen-bond acceptors (Lipinski definition) is 5. The number of pyridine rings is 1. The van der Waals surface area contributed by atoms with E-state index in [9.17, 15) is 21.6 Å². The van der Waals surface area contributed by atoms with Gasteiger partial charge in [-0.05, 0) is 6.07 Å². The molecule has 1 aliphatic heterocycles. The van der Waals surface area contributed by atoms with Crippen molar-refractivity contribution in [3.05, 3.63) is 27.6 Å². The zero-order chi connectivity index (χ0) is 15.8. The highest BCUT2D eigenvalue weighted by molar-refractivity contribution is 7.89. The summed E-state index contributed by atoms with van der Waals surface area (Å²) in [5, 5.41) is -0.217. The van der Waals surface area contributed by atoms with Gasteiger partial charge >= 0.3 is 0 Å². The van der Waals surface area contributed by atoms with Crippen molar-refractivity contribution in [1.29, 1.82) is 0 Å². The van der Waals surface area contributed by atoms with E-state index in [1.54, 1.807) is 0 Å². The Morgan fingerprint density at radius 1 is 1.10 bits per heavy atom. The van der Waals surface area contributed by atoms with E-state index in [1.165, 1.54) is 8.61 Å². The molecule has 11 heteroatoms. The van der Waals surface area contributed by atoms with Crippen molar-refractivity contribution in [3.63, 3.8) is 0 Å². The van der Waals surface area contributed by atoms with Crippen LogP contribution < -0.4 is 5.56 Å². The van der Waals surface area contributed by atoms with E-state index in [0.29, 0.717) is 0 Å². The molecular formula is C10H14ClN3O5S2. The van der Waals surface area contributed by atoms with Gasteiger partial charge in [-0.15, -0.1) is 0 Å². The Bertz CT molecular complexity index is 794. The number of H-pyrrole nitrogens is 1. The molecule has 0 radical (unpaired) electrons. The van der Waals surface area contributed by atoms with Gasteiger partial charge in [0.1, 0.15) is 5.02 Å². The Balaban J connectivity index is 2.22. The minimum Gasteiger partial charge on any atom is -0.326 e. The number of sulfonamides is 2. The van der Waals surface area contributed by atoms with E-state index in [0.717, 1.165) is 18.5 Å². The first-order valence-corrected chi connectivity index (χ1v) is 9.62. The molecule has 8 nitrogen and oxygen atoms in total. The van der Waals surface area contributed by atoms with Crippen molar-refractivity contribution in [2.75, 3.05) is 32.4 Å². The molecule has 0 aromatic carbocycles. The van der Waals surface area contributed by atoms with Crippen LogP contribution in [0.1, 0.15) is 0 Å². The number of hydrogen-bond donors (Lipinski definition) is 1. The maximum absolute atomic E-state index is 12.4. The van der Waals surface area contributed by atoms with Crippen molar-refractivity contribution < 1.29 is 16.8 Å². The maximum Gasteiger partial charge on any atom is 0.266 e. The van der Waals surface area contributed by atoms with Gasteiger partial charge in [0.15, 0.2) is 0 Å². The van der Waals surface area contributed by atoms with E-state index in [-0.39, 0.29) is 36.1 Å². The number of nitrogens with zero attached hydrogens (tertiary/aromatic N) is 2. The van der Waals surface area contributed by atoms with Crippen LogP contribution in [0.25, 0.3) is 0 Å². The summed E-state index contributed by atoms with van der Waals surface area (Å²) in [5.41, 5.74) is -0.572. The first-order valence-electron chi connectivity index (χ1n) is 5.96. The molecule has 1 N–H and O–H groups in total. The van der Waals surface area contributed by atoms with Gasteiger partial charge in [-0.3, -0.25) is 4.79 Å². The lowest BCUT2D eigenvalue weighted by molar-refractivity contribution is 0.274. The van der Waals surface area contributed by atoms with Crippen LogP contribution in [0.4, 0.5) is 0 Å². The van der Waals surface area contributed by atoms with Gasteiger partial charge in [0.05, 0.1) is 11.2 Å². The average Bonchev–Trinajstić information content (AvgIpc) is 2.41. The number of halogens is 1. The standard InChI is InChI=1S/C10H14ClN3O5S2/c1-20(16,17)13-2-4-14(5-3-13)21(18,19)8-6-9(11)10(15)12-7-8/h6-7H,2-5H2,1H3,(H,12,15). The zero-order valence-corrected chi connectivity index (χ0v) is 13.5. The third-order valence-corrected chi connectivity index (χ3v) is 6.60. The molecule has 0 unspecified atom stereocenters. The summed E-state index contributed by atoms with van der Waals surface area (Å²) in [7, 11) is -7.14. The molecule has 2 heterocycles. The van der Waals surface area contributed by atoms with Gasteiger partial charge in [0.2, 0.25) is 20.0 Å². The van der Waals surface area contributed by atoms with Crippen molar-refractivity contribution in [1.82, 2.24) is 13.6 Å². The van der Waals surface area contributed by atoms with Crippen LogP contribution in [-0.4, -0.2) is 62.9 Å². The minimum atomic E-state index is -3.81. The SMILES string of the molecule is CS(=O)(=O)N1CCN(S(=O)(=O)c2c[nH]c(=O)c(Cl)c2)CC1. The summed E-state index contributed by atoms with van der Waals surface area (Å²) < 4.78 is 49.9. The van der Waals surface area contributed by atoms with Crippen molar-refractivity contribution >= 4 is 31.6 Å². The zero-order valence-electron chi connectivity index (χ0n) is 11.1. The topological polar surface area (TPSA) is 108 Å². The van der Waals surface area contributed by atoms with Crippen molar-refractivity contribution in [2.45, 2.75) is 4.90 Å². The molecule has 2 rings (SSSR count). The summed E-state index contributed by atoms with van der Waals surface area (Å²) in [6.07, 6.45) is 2.16. The van der Waals surface area contributed by atoms with Crippen molar-refractivity contribution in [3.8, 4) is 0 Å². The Hall–Kier alpha value is -0.940. The lowest BCUT2D eigenvalue weighted by Crippen LogP contribution is -2.50. The molecule has 1 fully saturated rings. The summed E-state index contributed by atoms with van der Waals surface area (Å²) in [6, 6.07) is 1.08. The third kappa shape index (κ3) is 3.46. The maximum atomic E-state index is 12.4. The second-order valence-electron chi connectivity index (χ2n) is 4.58. The van der Waals surface area contributed by atoms with E-state index in [1.807, 2.05) is 0 Å². The first-order chi connectivity index (χ1) is 9.62. The van der Waals surface area contributed by atoms with Crippen LogP contribution in [0.2, 0.25) is 5.02 Å². The predicted molar refractivity (Wildman–Crippen MR) is 77.2 cm³/mol. The Morgan fingerprint density at radius 3 is 2.10 bits per heavy atom. The summed E-state index contributed by atoms with van der Waals surface area (Å²) in [5.74, 6) is 0. The van der Waals surface area contributed by atoms with Gasteiger partial charge in [0.25, 0.3) is 5.56 Å². The second-order valence-corrected chi connectivity index (χ2v) is 8.91. The molecule has 118 valence electrons. The predicted octanol–water partition coefficient (Wildman–Crippen LogP) is -0.706. The van der Waals surface area contributed by atoms with Crippen LogP contribution >= 0.6 is 11.6 Å². The molecule has 1 aromatic rings. The molecular weight excluding hydrogens is 342 g/mol. The lowest BCUT2D eigenvalue weighted by atomic mass is 10.4. The van der Waals surface area contributed by atoms with Crippen LogP contribution in [-0.2, 0) is 20.0 Å². The van der Waals surface area contributed by atoms with Gasteiger partial charge in [-0.25, -0.2) is 16.8 Å². The molecule has 21 heavy (non-hydrogen) atoms. The molecule has 0 aliphatic carbocycles. The van der Waals surface area contributed by atoms with E-state index in [4.69, 9.17) is 11.6 Å². The fraction of sp³-hybridized carbons (Fsp3) is 0.500. The average molecular weight is 356 g/mol. The van der Waals surface area contributed by atoms with Gasteiger partial charge in [-0.2, -0.15) is 8.61 Å². The first kappa shape index (κ1) is 16.4. The van der Waals surface area contributed by atoms with E-state index < -0.39 is 25.6 Å². The van der Waals surface area contributed by atoms with Gasteiger partial charge in [0, 0.05) is 32.4 Å². The van der Waals surface area contributed by atoms with Crippen LogP contribution in [0.15, 0.2) is 22.0 Å². The third-order valence-electron chi connectivity index (χ3n) is 3.14.